The number of hydrogen-bond donors (Lipinski definition) is 0. The fraction of sp³-hybridized carbons (Fsp3) is 0.333. The maximum Gasteiger partial charge on any atom is 0.434 e. The Balaban J connectivity index is 0.000000191. The number of rotatable bonds is 1. The predicted octanol–water partition coefficient (Wildman–Crippen LogP) is 3.61. The van der Waals surface area contributed by atoms with Gasteiger partial charge >= 0.3 is 12.4 Å². The molecule has 0 aliphatic heterocycles. The molecule has 0 amide bonds. The molecule has 2 aromatic heterocycles. The van der Waals surface area contributed by atoms with Crippen molar-refractivity contribution in [2.24, 2.45) is 0 Å². The van der Waals surface area contributed by atoms with Gasteiger partial charge in [0.2, 0.25) is 0 Å². The standard InChI is InChI=1S/C5H5F3N2.C4H2F3NS/c6-5(7,8)4-10-3-1-2-9-10;5-4(6,7)3-1-2-9-8-3/h1-3H,4H2;1-2H. The third-order valence-electron chi connectivity index (χ3n) is 1.63. The van der Waals surface area contributed by atoms with Crippen LogP contribution in [-0.4, -0.2) is 20.3 Å². The summed E-state index contributed by atoms with van der Waals surface area (Å²) in [6.07, 6.45) is -5.87. The summed E-state index contributed by atoms with van der Waals surface area (Å²) < 4.78 is 73.3. The van der Waals surface area contributed by atoms with Gasteiger partial charge in [-0.1, -0.05) is 0 Å². The lowest BCUT2D eigenvalue weighted by Gasteiger charge is -2.04. The minimum absolute atomic E-state index is 0.796. The third-order valence-corrected chi connectivity index (χ3v) is 2.19. The molecule has 0 aromatic carbocycles. The Kier molecular flexibility index (Phi) is 4.92. The molecule has 106 valence electrons. The van der Waals surface area contributed by atoms with Gasteiger partial charge in [-0.3, -0.25) is 4.68 Å². The quantitative estimate of drug-likeness (QED) is 0.754. The van der Waals surface area contributed by atoms with Crippen LogP contribution in [0.2, 0.25) is 0 Å². The Hall–Kier alpha value is -1.58. The van der Waals surface area contributed by atoms with E-state index in [1.165, 1.54) is 23.8 Å². The summed E-state index contributed by atoms with van der Waals surface area (Å²) in [4.78, 5) is 0. The summed E-state index contributed by atoms with van der Waals surface area (Å²) in [7, 11) is 0. The lowest BCUT2D eigenvalue weighted by Crippen LogP contribution is -2.17. The van der Waals surface area contributed by atoms with E-state index in [0.29, 0.717) is 0 Å². The largest absolute Gasteiger partial charge is 0.434 e. The molecule has 0 atom stereocenters. The van der Waals surface area contributed by atoms with E-state index in [0.717, 1.165) is 22.3 Å². The molecule has 0 fully saturated rings. The normalized spacial score (nSPS) is 11.9. The van der Waals surface area contributed by atoms with Crippen LogP contribution in [0.3, 0.4) is 0 Å². The van der Waals surface area contributed by atoms with Gasteiger partial charge in [0.1, 0.15) is 6.54 Å². The van der Waals surface area contributed by atoms with E-state index in [9.17, 15) is 26.3 Å². The van der Waals surface area contributed by atoms with Crippen molar-refractivity contribution in [3.05, 3.63) is 35.6 Å². The molecule has 10 heteroatoms. The fourth-order valence-corrected chi connectivity index (χ4v) is 1.46. The van der Waals surface area contributed by atoms with Crippen LogP contribution in [0.25, 0.3) is 0 Å². The van der Waals surface area contributed by atoms with Crippen molar-refractivity contribution in [2.45, 2.75) is 18.9 Å². The molecule has 2 aromatic rings. The van der Waals surface area contributed by atoms with Gasteiger partial charge < -0.3 is 0 Å². The van der Waals surface area contributed by atoms with Gasteiger partial charge in [-0.2, -0.15) is 35.8 Å². The van der Waals surface area contributed by atoms with Crippen molar-refractivity contribution < 1.29 is 26.3 Å². The van der Waals surface area contributed by atoms with Crippen LogP contribution >= 0.6 is 11.5 Å². The van der Waals surface area contributed by atoms with Gasteiger partial charge in [0.25, 0.3) is 0 Å². The van der Waals surface area contributed by atoms with E-state index >= 15 is 0 Å². The average molecular weight is 303 g/mol. The molecule has 3 nitrogen and oxygen atoms in total. The van der Waals surface area contributed by atoms with Gasteiger partial charge in [-0.05, 0) is 23.7 Å². The van der Waals surface area contributed by atoms with Crippen molar-refractivity contribution in [3.8, 4) is 0 Å². The summed E-state index contributed by atoms with van der Waals surface area (Å²) in [5, 5.41) is 4.69. The highest BCUT2D eigenvalue weighted by molar-refractivity contribution is 7.03. The first-order valence-corrected chi connectivity index (χ1v) is 5.54. The van der Waals surface area contributed by atoms with Crippen LogP contribution in [0.4, 0.5) is 26.3 Å². The molecular formula is C9H7F6N3S. The van der Waals surface area contributed by atoms with Gasteiger partial charge in [-0.15, -0.1) is 0 Å². The first-order chi connectivity index (χ1) is 8.68. The van der Waals surface area contributed by atoms with E-state index in [4.69, 9.17) is 0 Å². The highest BCUT2D eigenvalue weighted by Gasteiger charge is 2.32. The number of alkyl halides is 6. The smallest absolute Gasteiger partial charge is 0.264 e. The summed E-state index contributed by atoms with van der Waals surface area (Å²) in [5.74, 6) is 0. The van der Waals surface area contributed by atoms with E-state index in [1.54, 1.807) is 0 Å². The first kappa shape index (κ1) is 15.5. The van der Waals surface area contributed by atoms with Crippen molar-refractivity contribution in [1.29, 1.82) is 0 Å². The predicted molar refractivity (Wildman–Crippen MR) is 55.4 cm³/mol. The second-order valence-electron chi connectivity index (χ2n) is 3.20. The Morgan fingerprint density at radius 1 is 1.16 bits per heavy atom. The summed E-state index contributed by atoms with van der Waals surface area (Å²) in [6, 6.07) is 2.40. The molecule has 0 saturated carbocycles. The third kappa shape index (κ3) is 6.22. The Morgan fingerprint density at radius 3 is 2.16 bits per heavy atom. The molecule has 0 aliphatic carbocycles. The highest BCUT2D eigenvalue weighted by atomic mass is 32.1. The maximum atomic E-state index is 11.6. The monoisotopic (exact) mass is 303 g/mol. The van der Waals surface area contributed by atoms with Gasteiger partial charge in [0.15, 0.2) is 5.69 Å². The lowest BCUT2D eigenvalue weighted by molar-refractivity contribution is -0.142. The Labute approximate surface area is 107 Å². The molecule has 0 N–H and O–H groups in total. The zero-order valence-electron chi connectivity index (χ0n) is 9.11. The lowest BCUT2D eigenvalue weighted by atomic mass is 10.4. The molecule has 0 spiro atoms. The molecule has 0 radical (unpaired) electrons. The number of aromatic nitrogens is 3. The molecule has 2 rings (SSSR count). The van der Waals surface area contributed by atoms with E-state index in [1.807, 2.05) is 0 Å². The minimum atomic E-state index is -4.28. The number of hydrogen-bond acceptors (Lipinski definition) is 3. The van der Waals surface area contributed by atoms with Crippen molar-refractivity contribution in [2.75, 3.05) is 0 Å². The Morgan fingerprint density at radius 2 is 1.84 bits per heavy atom. The molecule has 19 heavy (non-hydrogen) atoms. The van der Waals surface area contributed by atoms with Crippen LogP contribution in [0, 0.1) is 0 Å². The number of halogens is 6. The highest BCUT2D eigenvalue weighted by Crippen LogP contribution is 2.27. The van der Waals surface area contributed by atoms with E-state index in [-0.39, 0.29) is 0 Å². The second-order valence-corrected chi connectivity index (χ2v) is 3.87. The van der Waals surface area contributed by atoms with Crippen LogP contribution in [0.5, 0.6) is 0 Å². The van der Waals surface area contributed by atoms with Crippen LogP contribution in [0.15, 0.2) is 29.9 Å². The van der Waals surface area contributed by atoms with Crippen LogP contribution in [-0.2, 0) is 12.7 Å². The minimum Gasteiger partial charge on any atom is -0.264 e. The SMILES string of the molecule is FC(F)(F)Cn1cccn1.FC(F)(F)c1ccsn1. The molecular weight excluding hydrogens is 296 g/mol. The summed E-state index contributed by atoms with van der Waals surface area (Å²) in [5.41, 5.74) is -0.813. The number of nitrogens with zero attached hydrogens (tertiary/aromatic N) is 3. The Bertz CT molecular complexity index is 459. The van der Waals surface area contributed by atoms with E-state index in [2.05, 4.69) is 9.47 Å². The molecule has 0 aliphatic rings. The van der Waals surface area contributed by atoms with Crippen LogP contribution in [0.1, 0.15) is 5.69 Å². The summed E-state index contributed by atoms with van der Waals surface area (Å²) >= 11 is 0.796. The first-order valence-electron chi connectivity index (χ1n) is 4.70. The maximum absolute atomic E-state index is 11.6. The van der Waals surface area contributed by atoms with Crippen molar-refractivity contribution in [3.63, 3.8) is 0 Å². The zero-order valence-corrected chi connectivity index (χ0v) is 9.93. The van der Waals surface area contributed by atoms with Crippen LogP contribution < -0.4 is 0 Å². The van der Waals surface area contributed by atoms with Gasteiger partial charge in [-0.25, -0.2) is 0 Å². The topological polar surface area (TPSA) is 30.7 Å². The summed E-state index contributed by atoms with van der Waals surface area (Å²) in [6.45, 7) is -1.01. The fourth-order valence-electron chi connectivity index (χ4n) is 0.936. The van der Waals surface area contributed by atoms with Crippen molar-refractivity contribution >= 4 is 11.5 Å². The zero-order chi connectivity index (χ0) is 14.5. The molecule has 0 saturated heterocycles. The molecule has 2 heterocycles. The van der Waals surface area contributed by atoms with Gasteiger partial charge in [0.05, 0.1) is 0 Å². The van der Waals surface area contributed by atoms with Crippen molar-refractivity contribution in [1.82, 2.24) is 14.2 Å². The average Bonchev–Trinajstić information content (AvgIpc) is 2.83. The molecule has 0 unspecified atom stereocenters. The second kappa shape index (κ2) is 6.04. The van der Waals surface area contributed by atoms with Gasteiger partial charge in [0, 0.05) is 17.8 Å². The van der Waals surface area contributed by atoms with E-state index < -0.39 is 24.6 Å². The molecule has 0 bridgehead atoms.